The lowest BCUT2D eigenvalue weighted by Crippen LogP contribution is -2.38. The predicted octanol–water partition coefficient (Wildman–Crippen LogP) is 1.69. The van der Waals surface area contributed by atoms with Crippen LogP contribution in [0.4, 0.5) is 0 Å². The topological polar surface area (TPSA) is 69.6 Å². The molecule has 0 saturated carbocycles. The number of aliphatic imine (C=N–C) groups is 1. The molecule has 1 heterocycles. The van der Waals surface area contributed by atoms with Crippen LogP contribution in [-0.2, 0) is 13.0 Å². The summed E-state index contributed by atoms with van der Waals surface area (Å²) in [6.07, 6.45) is 2.58. The molecule has 6 nitrogen and oxygen atoms in total. The van der Waals surface area contributed by atoms with E-state index in [2.05, 4.69) is 20.6 Å². The Labute approximate surface area is 149 Å². The summed E-state index contributed by atoms with van der Waals surface area (Å²) < 4.78 is 0. The second kappa shape index (κ2) is 9.42. The highest BCUT2D eigenvalue weighted by Gasteiger charge is 2.08. The van der Waals surface area contributed by atoms with Gasteiger partial charge in [0.2, 0.25) is 0 Å². The van der Waals surface area contributed by atoms with Gasteiger partial charge in [-0.25, -0.2) is 0 Å². The van der Waals surface area contributed by atoms with Crippen molar-refractivity contribution >= 4 is 11.9 Å². The zero-order valence-corrected chi connectivity index (χ0v) is 15.0. The molecule has 0 fully saturated rings. The Kier molecular flexibility index (Phi) is 6.95. The first kappa shape index (κ1) is 18.4. The molecule has 0 bridgehead atoms. The number of hydrogen-bond acceptors (Lipinski definition) is 3. The van der Waals surface area contributed by atoms with Crippen molar-refractivity contribution in [2.45, 2.75) is 13.0 Å². The Morgan fingerprint density at radius 3 is 2.68 bits per heavy atom. The van der Waals surface area contributed by atoms with Crippen molar-refractivity contribution in [3.8, 4) is 0 Å². The van der Waals surface area contributed by atoms with Gasteiger partial charge in [0.15, 0.2) is 5.96 Å². The van der Waals surface area contributed by atoms with Crippen molar-refractivity contribution in [1.82, 2.24) is 20.5 Å². The quantitative estimate of drug-likeness (QED) is 0.621. The maximum atomic E-state index is 12.0. The Balaban J connectivity index is 1.82. The first-order chi connectivity index (χ1) is 12.1. The van der Waals surface area contributed by atoms with Crippen LogP contribution in [0.1, 0.15) is 21.6 Å². The van der Waals surface area contributed by atoms with Gasteiger partial charge >= 0.3 is 0 Å². The fourth-order valence-electron chi connectivity index (χ4n) is 2.34. The van der Waals surface area contributed by atoms with E-state index >= 15 is 0 Å². The molecule has 0 saturated heterocycles. The summed E-state index contributed by atoms with van der Waals surface area (Å²) in [5.74, 6) is 0.744. The highest BCUT2D eigenvalue weighted by molar-refractivity contribution is 5.94. The fourth-order valence-corrected chi connectivity index (χ4v) is 2.34. The van der Waals surface area contributed by atoms with E-state index in [1.165, 1.54) is 0 Å². The largest absolute Gasteiger partial charge is 0.356 e. The summed E-state index contributed by atoms with van der Waals surface area (Å²) in [5.41, 5.74) is 2.78. The number of guanidine groups is 1. The average Bonchev–Trinajstić information content (AvgIpc) is 2.64. The summed E-state index contributed by atoms with van der Waals surface area (Å²) in [6, 6.07) is 13.5. The van der Waals surface area contributed by atoms with Gasteiger partial charge in [0.05, 0.1) is 12.2 Å². The Hall–Kier alpha value is -2.89. The Bertz CT molecular complexity index is 713. The number of hydrogen-bond donors (Lipinski definition) is 2. The molecular weight excluding hydrogens is 314 g/mol. The zero-order valence-electron chi connectivity index (χ0n) is 15.0. The van der Waals surface area contributed by atoms with Crippen molar-refractivity contribution in [2.24, 2.45) is 4.99 Å². The van der Waals surface area contributed by atoms with E-state index in [1.54, 1.807) is 32.2 Å². The highest BCUT2D eigenvalue weighted by atomic mass is 16.2. The standard InChI is InChI=1S/C19H25N5O/c1-20-19(23-14-17-9-4-5-11-21-17)22-12-10-15-7-6-8-16(13-15)18(25)24(2)3/h4-9,11,13H,10,12,14H2,1-3H3,(H2,20,22,23). The molecule has 2 rings (SSSR count). The third-order valence-electron chi connectivity index (χ3n) is 3.67. The van der Waals surface area contributed by atoms with Crippen LogP contribution in [-0.4, -0.2) is 49.4 Å². The lowest BCUT2D eigenvalue weighted by Gasteiger charge is -2.13. The minimum absolute atomic E-state index is 0.0163. The van der Waals surface area contributed by atoms with E-state index in [0.717, 1.165) is 30.2 Å². The second-order valence-corrected chi connectivity index (χ2v) is 5.82. The van der Waals surface area contributed by atoms with Gasteiger partial charge in [-0.3, -0.25) is 14.8 Å². The molecule has 2 aromatic rings. The lowest BCUT2D eigenvalue weighted by molar-refractivity contribution is 0.0827. The minimum atomic E-state index is 0.0163. The van der Waals surface area contributed by atoms with Crippen LogP contribution in [0.5, 0.6) is 0 Å². The van der Waals surface area contributed by atoms with Crippen LogP contribution in [0.15, 0.2) is 53.7 Å². The number of amides is 1. The van der Waals surface area contributed by atoms with Gasteiger partial charge in [0.25, 0.3) is 5.91 Å². The molecule has 1 aromatic carbocycles. The van der Waals surface area contributed by atoms with E-state index in [4.69, 9.17) is 0 Å². The smallest absolute Gasteiger partial charge is 0.253 e. The predicted molar refractivity (Wildman–Crippen MR) is 101 cm³/mol. The van der Waals surface area contributed by atoms with Crippen LogP contribution in [0.2, 0.25) is 0 Å². The van der Waals surface area contributed by atoms with Gasteiger partial charge in [0, 0.05) is 39.4 Å². The molecule has 0 atom stereocenters. The summed E-state index contributed by atoms with van der Waals surface area (Å²) in [5, 5.41) is 6.51. The first-order valence-electron chi connectivity index (χ1n) is 8.25. The van der Waals surface area contributed by atoms with Crippen LogP contribution in [0, 0.1) is 0 Å². The Morgan fingerprint density at radius 2 is 2.00 bits per heavy atom. The highest BCUT2D eigenvalue weighted by Crippen LogP contribution is 2.07. The number of nitrogens with zero attached hydrogens (tertiary/aromatic N) is 3. The molecule has 0 aliphatic rings. The van der Waals surface area contributed by atoms with Gasteiger partial charge < -0.3 is 15.5 Å². The molecule has 132 valence electrons. The lowest BCUT2D eigenvalue weighted by atomic mass is 10.1. The Morgan fingerprint density at radius 1 is 1.16 bits per heavy atom. The molecule has 0 aliphatic heterocycles. The number of aromatic nitrogens is 1. The monoisotopic (exact) mass is 339 g/mol. The second-order valence-electron chi connectivity index (χ2n) is 5.82. The van der Waals surface area contributed by atoms with Gasteiger partial charge in [-0.05, 0) is 36.2 Å². The van der Waals surface area contributed by atoms with Crippen LogP contribution in [0.25, 0.3) is 0 Å². The molecule has 1 amide bonds. The van der Waals surface area contributed by atoms with Gasteiger partial charge in [-0.2, -0.15) is 0 Å². The van der Waals surface area contributed by atoms with E-state index in [0.29, 0.717) is 12.1 Å². The zero-order chi connectivity index (χ0) is 18.1. The van der Waals surface area contributed by atoms with E-state index in [9.17, 15) is 4.79 Å². The molecule has 2 N–H and O–H groups in total. The van der Waals surface area contributed by atoms with Gasteiger partial charge in [0.1, 0.15) is 0 Å². The molecule has 0 aliphatic carbocycles. The number of pyridine rings is 1. The summed E-state index contributed by atoms with van der Waals surface area (Å²) in [6.45, 7) is 1.34. The minimum Gasteiger partial charge on any atom is -0.356 e. The number of carbonyl (C=O) groups excluding carboxylic acids is 1. The van der Waals surface area contributed by atoms with Crippen LogP contribution >= 0.6 is 0 Å². The van der Waals surface area contributed by atoms with Crippen molar-refractivity contribution in [3.63, 3.8) is 0 Å². The van der Waals surface area contributed by atoms with E-state index in [-0.39, 0.29) is 5.91 Å². The van der Waals surface area contributed by atoms with Gasteiger partial charge in [-0.1, -0.05) is 18.2 Å². The molecule has 25 heavy (non-hydrogen) atoms. The molecular formula is C19H25N5O. The van der Waals surface area contributed by atoms with E-state index < -0.39 is 0 Å². The molecule has 6 heteroatoms. The van der Waals surface area contributed by atoms with Crippen molar-refractivity contribution in [1.29, 1.82) is 0 Å². The molecule has 0 radical (unpaired) electrons. The summed E-state index contributed by atoms with van der Waals surface area (Å²) in [7, 11) is 5.26. The number of nitrogens with one attached hydrogen (secondary N) is 2. The number of benzene rings is 1. The maximum Gasteiger partial charge on any atom is 0.253 e. The summed E-state index contributed by atoms with van der Waals surface area (Å²) in [4.78, 5) is 22.1. The molecule has 0 unspecified atom stereocenters. The SMILES string of the molecule is CN=C(NCCc1cccc(C(=O)N(C)C)c1)NCc1ccccn1. The average molecular weight is 339 g/mol. The van der Waals surface area contributed by atoms with E-state index in [1.807, 2.05) is 42.5 Å². The normalized spacial score (nSPS) is 11.1. The first-order valence-corrected chi connectivity index (χ1v) is 8.25. The third kappa shape index (κ3) is 5.91. The van der Waals surface area contributed by atoms with Crippen LogP contribution < -0.4 is 10.6 Å². The van der Waals surface area contributed by atoms with Crippen molar-refractivity contribution < 1.29 is 4.79 Å². The molecule has 1 aromatic heterocycles. The third-order valence-corrected chi connectivity index (χ3v) is 3.67. The number of rotatable bonds is 6. The summed E-state index contributed by atoms with van der Waals surface area (Å²) >= 11 is 0. The fraction of sp³-hybridized carbons (Fsp3) is 0.316. The number of carbonyl (C=O) groups is 1. The molecule has 0 spiro atoms. The van der Waals surface area contributed by atoms with Crippen molar-refractivity contribution in [3.05, 3.63) is 65.5 Å². The van der Waals surface area contributed by atoms with Crippen LogP contribution in [0.3, 0.4) is 0 Å². The maximum absolute atomic E-state index is 12.0. The van der Waals surface area contributed by atoms with Gasteiger partial charge in [-0.15, -0.1) is 0 Å². The van der Waals surface area contributed by atoms with Crippen molar-refractivity contribution in [2.75, 3.05) is 27.7 Å².